The van der Waals surface area contributed by atoms with Gasteiger partial charge >= 0.3 is 0 Å². The van der Waals surface area contributed by atoms with Gasteiger partial charge in [0.1, 0.15) is 5.82 Å². The number of thioether (sulfide) groups is 1. The zero-order valence-electron chi connectivity index (χ0n) is 11.9. The molecule has 0 aromatic heterocycles. The van der Waals surface area contributed by atoms with Crippen LogP contribution in [0, 0.1) is 5.82 Å². The van der Waals surface area contributed by atoms with Crippen LogP contribution in [0.15, 0.2) is 23.2 Å². The number of hydrogen-bond acceptors (Lipinski definition) is 3. The Labute approximate surface area is 123 Å². The van der Waals surface area contributed by atoms with E-state index in [1.807, 2.05) is 6.92 Å². The van der Waals surface area contributed by atoms with Crippen molar-refractivity contribution in [2.24, 2.45) is 4.99 Å². The second-order valence-corrected chi connectivity index (χ2v) is 5.18. The Kier molecular flexibility index (Phi) is 8.06. The van der Waals surface area contributed by atoms with E-state index in [1.54, 1.807) is 23.9 Å². The molecule has 0 saturated heterocycles. The van der Waals surface area contributed by atoms with E-state index in [0.29, 0.717) is 12.1 Å². The van der Waals surface area contributed by atoms with Gasteiger partial charge in [0.25, 0.3) is 0 Å². The van der Waals surface area contributed by atoms with Crippen molar-refractivity contribution in [3.8, 4) is 0 Å². The minimum atomic E-state index is -0.384. The number of guanidine groups is 1. The first kappa shape index (κ1) is 16.8. The Morgan fingerprint density at radius 1 is 1.40 bits per heavy atom. The highest BCUT2D eigenvalue weighted by Gasteiger charge is 2.03. The molecule has 0 spiro atoms. The second kappa shape index (κ2) is 9.61. The molecule has 0 atom stereocenters. The maximum Gasteiger partial charge on any atom is 0.191 e. The van der Waals surface area contributed by atoms with E-state index < -0.39 is 0 Å². The average molecular weight is 299 g/mol. The monoisotopic (exact) mass is 299 g/mol. The molecule has 1 rings (SSSR count). The maximum atomic E-state index is 13.3. The molecule has 20 heavy (non-hydrogen) atoms. The van der Waals surface area contributed by atoms with E-state index in [-0.39, 0.29) is 12.4 Å². The summed E-state index contributed by atoms with van der Waals surface area (Å²) in [5.74, 6) is 1.37. The van der Waals surface area contributed by atoms with Crippen LogP contribution in [0.4, 0.5) is 4.39 Å². The van der Waals surface area contributed by atoms with Crippen LogP contribution in [0.3, 0.4) is 0 Å². The van der Waals surface area contributed by atoms with E-state index in [4.69, 9.17) is 5.11 Å². The molecule has 0 saturated carbocycles. The molecule has 1 aromatic rings. The van der Waals surface area contributed by atoms with Crippen LogP contribution in [-0.2, 0) is 13.2 Å². The summed E-state index contributed by atoms with van der Waals surface area (Å²) in [4.78, 5) is 4.44. The van der Waals surface area contributed by atoms with Crippen molar-refractivity contribution < 1.29 is 9.50 Å². The van der Waals surface area contributed by atoms with Crippen LogP contribution in [-0.4, -0.2) is 36.2 Å². The van der Waals surface area contributed by atoms with Crippen LogP contribution >= 0.6 is 11.8 Å². The highest BCUT2D eigenvalue weighted by Crippen LogP contribution is 2.11. The average Bonchev–Trinajstić information content (AvgIpc) is 2.46. The van der Waals surface area contributed by atoms with Gasteiger partial charge in [-0.25, -0.2) is 9.38 Å². The smallest absolute Gasteiger partial charge is 0.191 e. The van der Waals surface area contributed by atoms with Crippen molar-refractivity contribution >= 4 is 17.7 Å². The van der Waals surface area contributed by atoms with Crippen molar-refractivity contribution in [1.29, 1.82) is 0 Å². The summed E-state index contributed by atoms with van der Waals surface area (Å²) >= 11 is 1.77. The van der Waals surface area contributed by atoms with Crippen LogP contribution < -0.4 is 10.6 Å². The zero-order valence-corrected chi connectivity index (χ0v) is 12.8. The zero-order chi connectivity index (χ0) is 14.8. The molecular formula is C14H22FN3OS. The van der Waals surface area contributed by atoms with Gasteiger partial charge in [0.15, 0.2) is 5.96 Å². The highest BCUT2D eigenvalue weighted by molar-refractivity contribution is 7.98. The lowest BCUT2D eigenvalue weighted by Crippen LogP contribution is -2.38. The topological polar surface area (TPSA) is 56.7 Å². The van der Waals surface area contributed by atoms with E-state index >= 15 is 0 Å². The number of aliphatic imine (C=N–C) groups is 1. The van der Waals surface area contributed by atoms with Gasteiger partial charge in [-0.1, -0.05) is 6.07 Å². The van der Waals surface area contributed by atoms with E-state index in [0.717, 1.165) is 30.4 Å². The molecule has 0 bridgehead atoms. The SMILES string of the molecule is CCNC(=NCc1ccc(F)c(CO)c1)NCCSC. The van der Waals surface area contributed by atoms with Gasteiger partial charge in [-0.05, 0) is 30.9 Å². The minimum Gasteiger partial charge on any atom is -0.392 e. The lowest BCUT2D eigenvalue weighted by molar-refractivity contribution is 0.275. The van der Waals surface area contributed by atoms with Crippen molar-refractivity contribution in [2.75, 3.05) is 25.1 Å². The number of benzene rings is 1. The lowest BCUT2D eigenvalue weighted by atomic mass is 10.1. The molecule has 6 heteroatoms. The molecule has 0 fully saturated rings. The van der Waals surface area contributed by atoms with Gasteiger partial charge in [0.05, 0.1) is 13.2 Å². The van der Waals surface area contributed by atoms with Crippen molar-refractivity contribution in [1.82, 2.24) is 10.6 Å². The van der Waals surface area contributed by atoms with Crippen molar-refractivity contribution in [3.63, 3.8) is 0 Å². The third kappa shape index (κ3) is 5.79. The number of nitrogens with zero attached hydrogens (tertiary/aromatic N) is 1. The molecule has 0 radical (unpaired) electrons. The molecule has 0 unspecified atom stereocenters. The first-order chi connectivity index (χ1) is 9.71. The third-order valence-electron chi connectivity index (χ3n) is 2.64. The van der Waals surface area contributed by atoms with Gasteiger partial charge < -0.3 is 15.7 Å². The normalized spacial score (nSPS) is 11.5. The quantitative estimate of drug-likeness (QED) is 0.408. The number of hydrogen-bond donors (Lipinski definition) is 3. The summed E-state index contributed by atoms with van der Waals surface area (Å²) in [7, 11) is 0. The highest BCUT2D eigenvalue weighted by atomic mass is 32.2. The predicted molar refractivity (Wildman–Crippen MR) is 83.5 cm³/mol. The fraction of sp³-hybridized carbons (Fsp3) is 0.500. The van der Waals surface area contributed by atoms with Gasteiger partial charge in [0.2, 0.25) is 0 Å². The number of aliphatic hydroxyl groups is 1. The molecule has 1 aromatic carbocycles. The van der Waals surface area contributed by atoms with Crippen molar-refractivity contribution in [2.45, 2.75) is 20.1 Å². The van der Waals surface area contributed by atoms with E-state index in [9.17, 15) is 4.39 Å². The summed E-state index contributed by atoms with van der Waals surface area (Å²) in [6.45, 7) is 3.79. The Morgan fingerprint density at radius 3 is 2.85 bits per heavy atom. The lowest BCUT2D eigenvalue weighted by Gasteiger charge is -2.11. The fourth-order valence-electron chi connectivity index (χ4n) is 1.63. The Balaban J connectivity index is 2.65. The maximum absolute atomic E-state index is 13.3. The standard InChI is InChI=1S/C14H22FN3OS/c1-3-16-14(17-6-7-20-2)18-9-11-4-5-13(15)12(8-11)10-19/h4-5,8,19H,3,6-7,9-10H2,1-2H3,(H2,16,17,18). The second-order valence-electron chi connectivity index (χ2n) is 4.20. The molecule has 0 amide bonds. The fourth-order valence-corrected chi connectivity index (χ4v) is 1.94. The molecule has 0 aliphatic rings. The van der Waals surface area contributed by atoms with Crippen LogP contribution in [0.5, 0.6) is 0 Å². The molecular weight excluding hydrogens is 277 g/mol. The van der Waals surface area contributed by atoms with E-state index in [1.165, 1.54) is 6.07 Å². The predicted octanol–water partition coefficient (Wildman–Crippen LogP) is 1.74. The van der Waals surface area contributed by atoms with Crippen LogP contribution in [0.1, 0.15) is 18.1 Å². The van der Waals surface area contributed by atoms with Gasteiger partial charge in [0, 0.05) is 24.4 Å². The van der Waals surface area contributed by atoms with E-state index in [2.05, 4.69) is 21.9 Å². The first-order valence-electron chi connectivity index (χ1n) is 6.60. The van der Waals surface area contributed by atoms with Crippen molar-refractivity contribution in [3.05, 3.63) is 35.1 Å². The molecule has 112 valence electrons. The molecule has 0 aliphatic carbocycles. The summed E-state index contributed by atoms with van der Waals surface area (Å²) in [6.07, 6.45) is 2.06. The summed E-state index contributed by atoms with van der Waals surface area (Å²) in [5.41, 5.74) is 1.18. The minimum absolute atomic E-state index is 0.296. The Morgan fingerprint density at radius 2 is 2.20 bits per heavy atom. The van der Waals surface area contributed by atoms with Gasteiger partial charge in [-0.2, -0.15) is 11.8 Å². The Bertz CT molecular complexity index is 440. The van der Waals surface area contributed by atoms with Gasteiger partial charge in [-0.3, -0.25) is 0 Å². The largest absolute Gasteiger partial charge is 0.392 e. The number of nitrogens with one attached hydrogen (secondary N) is 2. The molecule has 4 nitrogen and oxygen atoms in total. The number of halogens is 1. The molecule has 3 N–H and O–H groups in total. The molecule has 0 heterocycles. The molecule has 0 aliphatic heterocycles. The number of aliphatic hydroxyl groups excluding tert-OH is 1. The first-order valence-corrected chi connectivity index (χ1v) is 8.00. The summed E-state index contributed by atoms with van der Waals surface area (Å²) in [6, 6.07) is 4.69. The van der Waals surface area contributed by atoms with Crippen LogP contribution in [0.25, 0.3) is 0 Å². The van der Waals surface area contributed by atoms with Crippen LogP contribution in [0.2, 0.25) is 0 Å². The number of rotatable bonds is 7. The Hall–Kier alpha value is -1.27. The third-order valence-corrected chi connectivity index (χ3v) is 3.26. The summed E-state index contributed by atoms with van der Waals surface area (Å²) < 4.78 is 13.3. The summed E-state index contributed by atoms with van der Waals surface area (Å²) in [5, 5.41) is 15.4. The van der Waals surface area contributed by atoms with Gasteiger partial charge in [-0.15, -0.1) is 0 Å².